The van der Waals surface area contributed by atoms with Crippen LogP contribution < -0.4 is 14.8 Å². The zero-order chi connectivity index (χ0) is 17.2. The number of hydrogen-bond acceptors (Lipinski definition) is 6. The van der Waals surface area contributed by atoms with Gasteiger partial charge in [0.15, 0.2) is 11.5 Å². The van der Waals surface area contributed by atoms with Crippen LogP contribution in [0.2, 0.25) is 0 Å². The smallest absolute Gasteiger partial charge is 0.163 e. The highest BCUT2D eigenvalue weighted by Gasteiger charge is 2.13. The Morgan fingerprint density at radius 2 is 1.80 bits per heavy atom. The molecule has 0 radical (unpaired) electrons. The minimum atomic E-state index is 0.569. The summed E-state index contributed by atoms with van der Waals surface area (Å²) in [6.45, 7) is 1.84. The first kappa shape index (κ1) is 15.7. The highest BCUT2D eigenvalue weighted by atomic mass is 16.6. The minimum absolute atomic E-state index is 0.569. The maximum Gasteiger partial charge on any atom is 0.163 e. The summed E-state index contributed by atoms with van der Waals surface area (Å²) in [5.41, 5.74) is 1.83. The van der Waals surface area contributed by atoms with E-state index in [-0.39, 0.29) is 0 Å². The van der Waals surface area contributed by atoms with Crippen molar-refractivity contribution in [2.45, 2.75) is 6.54 Å². The van der Waals surface area contributed by atoms with Gasteiger partial charge in [0, 0.05) is 17.1 Å². The second kappa shape index (κ2) is 6.57. The summed E-state index contributed by atoms with van der Waals surface area (Å²) < 4.78 is 11.2. The number of aromatic nitrogens is 2. The molecule has 1 aliphatic heterocycles. The predicted molar refractivity (Wildman–Crippen MR) is 97.6 cm³/mol. The van der Waals surface area contributed by atoms with Crippen LogP contribution in [0.4, 0.5) is 11.5 Å². The van der Waals surface area contributed by atoms with E-state index in [4.69, 9.17) is 14.5 Å². The Morgan fingerprint density at radius 1 is 1.00 bits per heavy atom. The normalized spacial score (nSPS) is 13.2. The van der Waals surface area contributed by atoms with Gasteiger partial charge in [-0.1, -0.05) is 12.1 Å². The monoisotopic (exact) mass is 336 g/mol. The Labute approximate surface area is 146 Å². The van der Waals surface area contributed by atoms with Gasteiger partial charge in [0.25, 0.3) is 0 Å². The fourth-order valence-electron chi connectivity index (χ4n) is 2.83. The molecule has 2 heterocycles. The van der Waals surface area contributed by atoms with Crippen LogP contribution in [0.1, 0.15) is 5.82 Å². The molecular weight excluding hydrogens is 316 g/mol. The van der Waals surface area contributed by atoms with E-state index < -0.39 is 0 Å². The maximum absolute atomic E-state index is 5.66. The van der Waals surface area contributed by atoms with Crippen LogP contribution in [-0.2, 0) is 6.54 Å². The van der Waals surface area contributed by atoms with E-state index in [0.717, 1.165) is 39.7 Å². The van der Waals surface area contributed by atoms with Gasteiger partial charge in [-0.25, -0.2) is 9.97 Å². The first-order valence-electron chi connectivity index (χ1n) is 8.26. The summed E-state index contributed by atoms with van der Waals surface area (Å²) in [6, 6.07) is 13.8. The summed E-state index contributed by atoms with van der Waals surface area (Å²) in [7, 11) is 4.01. The number of hydrogen-bond donors (Lipinski definition) is 1. The van der Waals surface area contributed by atoms with E-state index in [1.807, 2.05) is 56.6 Å². The molecule has 2 aromatic carbocycles. The molecule has 0 saturated heterocycles. The van der Waals surface area contributed by atoms with E-state index in [1.54, 1.807) is 0 Å². The van der Waals surface area contributed by atoms with E-state index >= 15 is 0 Å². The highest BCUT2D eigenvalue weighted by Crippen LogP contribution is 2.34. The first-order chi connectivity index (χ1) is 12.2. The Bertz CT molecular complexity index is 911. The second-order valence-corrected chi connectivity index (χ2v) is 6.23. The molecular formula is C19H20N4O2. The van der Waals surface area contributed by atoms with E-state index in [1.165, 1.54) is 0 Å². The largest absolute Gasteiger partial charge is 0.486 e. The van der Waals surface area contributed by atoms with Crippen LogP contribution in [0.15, 0.2) is 42.5 Å². The van der Waals surface area contributed by atoms with Gasteiger partial charge in [-0.15, -0.1) is 0 Å². The molecule has 3 aromatic rings. The first-order valence-corrected chi connectivity index (χ1v) is 8.26. The van der Waals surface area contributed by atoms with Crippen molar-refractivity contribution in [3.63, 3.8) is 0 Å². The van der Waals surface area contributed by atoms with Crippen molar-refractivity contribution >= 4 is 22.4 Å². The number of fused-ring (bicyclic) bond motifs is 2. The molecule has 0 atom stereocenters. The molecule has 4 rings (SSSR count). The average Bonchev–Trinajstić information content (AvgIpc) is 2.61. The third-order valence-electron chi connectivity index (χ3n) is 3.91. The van der Waals surface area contributed by atoms with Crippen LogP contribution in [0.25, 0.3) is 10.9 Å². The van der Waals surface area contributed by atoms with Crippen LogP contribution in [0, 0.1) is 0 Å². The maximum atomic E-state index is 5.66. The number of ether oxygens (including phenoxy) is 2. The van der Waals surface area contributed by atoms with Crippen molar-refractivity contribution in [1.29, 1.82) is 0 Å². The summed E-state index contributed by atoms with van der Waals surface area (Å²) in [5.74, 6) is 3.10. The third kappa shape index (κ3) is 3.34. The van der Waals surface area contributed by atoms with Crippen molar-refractivity contribution in [2.24, 2.45) is 0 Å². The molecule has 0 spiro atoms. The minimum Gasteiger partial charge on any atom is -0.486 e. The zero-order valence-electron chi connectivity index (χ0n) is 14.3. The Kier molecular flexibility index (Phi) is 4.11. The molecule has 0 fully saturated rings. The molecule has 1 aliphatic rings. The van der Waals surface area contributed by atoms with Gasteiger partial charge in [0.2, 0.25) is 0 Å². The van der Waals surface area contributed by atoms with Gasteiger partial charge in [-0.05, 0) is 38.4 Å². The molecule has 6 heteroatoms. The molecule has 0 unspecified atom stereocenters. The van der Waals surface area contributed by atoms with Crippen molar-refractivity contribution in [2.75, 3.05) is 32.6 Å². The number of anilines is 2. The Morgan fingerprint density at radius 3 is 2.64 bits per heavy atom. The van der Waals surface area contributed by atoms with Crippen molar-refractivity contribution in [3.05, 3.63) is 48.3 Å². The average molecular weight is 336 g/mol. The topological polar surface area (TPSA) is 59.5 Å². The number of nitrogens with one attached hydrogen (secondary N) is 1. The van der Waals surface area contributed by atoms with Gasteiger partial charge in [0.05, 0.1) is 12.1 Å². The van der Waals surface area contributed by atoms with Gasteiger partial charge in [-0.3, -0.25) is 0 Å². The lowest BCUT2D eigenvalue weighted by atomic mass is 10.2. The molecule has 1 aromatic heterocycles. The fourth-order valence-corrected chi connectivity index (χ4v) is 2.83. The van der Waals surface area contributed by atoms with Crippen molar-refractivity contribution in [1.82, 2.24) is 14.9 Å². The molecule has 0 saturated carbocycles. The number of benzene rings is 2. The Balaban J connectivity index is 1.72. The van der Waals surface area contributed by atoms with Gasteiger partial charge < -0.3 is 19.7 Å². The SMILES string of the molecule is CN(C)Cc1nc(Nc2ccc3c(c2)OCCO3)c2ccccc2n1. The second-order valence-electron chi connectivity index (χ2n) is 6.23. The molecule has 6 nitrogen and oxygen atoms in total. The lowest BCUT2D eigenvalue weighted by molar-refractivity contribution is 0.171. The quantitative estimate of drug-likeness (QED) is 0.789. The number of nitrogens with zero attached hydrogens (tertiary/aromatic N) is 3. The molecule has 0 aliphatic carbocycles. The van der Waals surface area contributed by atoms with E-state index in [2.05, 4.69) is 15.2 Å². The summed E-state index contributed by atoms with van der Waals surface area (Å²) >= 11 is 0. The summed E-state index contributed by atoms with van der Waals surface area (Å²) in [6.07, 6.45) is 0. The molecule has 128 valence electrons. The number of rotatable bonds is 4. The molecule has 25 heavy (non-hydrogen) atoms. The fraction of sp³-hybridized carbons (Fsp3) is 0.263. The Hall–Kier alpha value is -2.86. The summed E-state index contributed by atoms with van der Waals surface area (Å²) in [4.78, 5) is 11.4. The number of para-hydroxylation sites is 1. The van der Waals surface area contributed by atoms with Gasteiger partial charge in [0.1, 0.15) is 24.9 Å². The highest BCUT2D eigenvalue weighted by molar-refractivity contribution is 5.90. The molecule has 1 N–H and O–H groups in total. The van der Waals surface area contributed by atoms with Gasteiger partial charge in [-0.2, -0.15) is 0 Å². The van der Waals surface area contributed by atoms with Crippen molar-refractivity contribution in [3.8, 4) is 11.5 Å². The van der Waals surface area contributed by atoms with Crippen LogP contribution in [0.5, 0.6) is 11.5 Å². The van der Waals surface area contributed by atoms with Crippen molar-refractivity contribution < 1.29 is 9.47 Å². The predicted octanol–water partition coefficient (Wildman–Crippen LogP) is 3.21. The third-order valence-corrected chi connectivity index (χ3v) is 3.91. The standard InChI is InChI=1S/C19H20N4O2/c1-23(2)12-18-21-15-6-4-3-5-14(15)19(22-18)20-13-7-8-16-17(11-13)25-10-9-24-16/h3-8,11H,9-10,12H2,1-2H3,(H,20,21,22). The lowest BCUT2D eigenvalue weighted by Crippen LogP contribution is -2.15. The van der Waals surface area contributed by atoms with Crippen LogP contribution >= 0.6 is 0 Å². The van der Waals surface area contributed by atoms with E-state index in [9.17, 15) is 0 Å². The summed E-state index contributed by atoms with van der Waals surface area (Å²) in [5, 5.41) is 4.39. The van der Waals surface area contributed by atoms with E-state index in [0.29, 0.717) is 19.8 Å². The van der Waals surface area contributed by atoms with Crippen LogP contribution in [0.3, 0.4) is 0 Å². The zero-order valence-corrected chi connectivity index (χ0v) is 14.3. The molecule has 0 amide bonds. The molecule has 0 bridgehead atoms. The van der Waals surface area contributed by atoms with Gasteiger partial charge >= 0.3 is 0 Å². The lowest BCUT2D eigenvalue weighted by Gasteiger charge is -2.19. The van der Waals surface area contributed by atoms with Crippen LogP contribution in [-0.4, -0.2) is 42.2 Å².